The number of hydrogen-bond donors (Lipinski definition) is 1. The molecule has 1 heterocycles. The van der Waals surface area contributed by atoms with E-state index in [1.165, 1.54) is 16.9 Å². The Bertz CT molecular complexity index is 993. The SMILES string of the molecule is O=C(NCc1ccccc1)c1c(/N=C\c2ccc(Br)cc2)sc2c1CCCC2. The highest BCUT2D eigenvalue weighted by atomic mass is 79.9. The van der Waals surface area contributed by atoms with Gasteiger partial charge in [0.1, 0.15) is 5.00 Å². The smallest absolute Gasteiger partial charge is 0.254 e. The Morgan fingerprint density at radius 3 is 2.61 bits per heavy atom. The zero-order valence-corrected chi connectivity index (χ0v) is 17.9. The zero-order chi connectivity index (χ0) is 19.3. The molecular formula is C23H21BrN2OS. The van der Waals surface area contributed by atoms with E-state index < -0.39 is 0 Å². The lowest BCUT2D eigenvalue weighted by Gasteiger charge is -2.12. The number of hydrogen-bond acceptors (Lipinski definition) is 3. The van der Waals surface area contributed by atoms with Gasteiger partial charge in [0.05, 0.1) is 5.56 Å². The summed E-state index contributed by atoms with van der Waals surface area (Å²) >= 11 is 5.12. The third kappa shape index (κ3) is 4.42. The number of aryl methyl sites for hydroxylation is 1. The second-order valence-electron chi connectivity index (χ2n) is 6.87. The Hall–Kier alpha value is -2.24. The molecule has 0 unspecified atom stereocenters. The molecule has 142 valence electrons. The van der Waals surface area contributed by atoms with Crippen molar-refractivity contribution in [2.24, 2.45) is 4.99 Å². The van der Waals surface area contributed by atoms with E-state index in [0.29, 0.717) is 6.54 Å². The van der Waals surface area contributed by atoms with Crippen molar-refractivity contribution in [3.05, 3.63) is 86.2 Å². The summed E-state index contributed by atoms with van der Waals surface area (Å²) in [5, 5.41) is 3.90. The zero-order valence-electron chi connectivity index (χ0n) is 15.5. The number of carbonyl (C=O) groups excluding carboxylic acids is 1. The molecule has 0 spiro atoms. The molecule has 1 aliphatic rings. The predicted molar refractivity (Wildman–Crippen MR) is 120 cm³/mol. The summed E-state index contributed by atoms with van der Waals surface area (Å²) in [6.07, 6.45) is 6.19. The van der Waals surface area contributed by atoms with Crippen molar-refractivity contribution in [3.8, 4) is 0 Å². The van der Waals surface area contributed by atoms with Gasteiger partial charge in [0, 0.05) is 22.1 Å². The van der Waals surface area contributed by atoms with Gasteiger partial charge in [0.25, 0.3) is 5.91 Å². The first kappa shape index (κ1) is 19.1. The van der Waals surface area contributed by atoms with Crippen LogP contribution in [0.25, 0.3) is 0 Å². The average Bonchev–Trinajstić information content (AvgIpc) is 3.11. The van der Waals surface area contributed by atoms with Crippen molar-refractivity contribution < 1.29 is 4.79 Å². The van der Waals surface area contributed by atoms with Gasteiger partial charge in [-0.1, -0.05) is 58.4 Å². The molecule has 0 saturated carbocycles. The molecule has 3 aromatic rings. The number of thiophene rings is 1. The van der Waals surface area contributed by atoms with Crippen molar-refractivity contribution >= 4 is 44.4 Å². The number of benzene rings is 2. The molecule has 0 saturated heterocycles. The molecule has 0 atom stereocenters. The molecular weight excluding hydrogens is 432 g/mol. The molecule has 1 N–H and O–H groups in total. The van der Waals surface area contributed by atoms with E-state index in [0.717, 1.165) is 45.4 Å². The van der Waals surface area contributed by atoms with Crippen molar-refractivity contribution in [2.75, 3.05) is 0 Å². The molecule has 5 heteroatoms. The van der Waals surface area contributed by atoms with Gasteiger partial charge < -0.3 is 5.32 Å². The topological polar surface area (TPSA) is 41.5 Å². The highest BCUT2D eigenvalue weighted by Gasteiger charge is 2.25. The molecule has 1 amide bonds. The summed E-state index contributed by atoms with van der Waals surface area (Å²) < 4.78 is 1.04. The summed E-state index contributed by atoms with van der Waals surface area (Å²) in [5.41, 5.74) is 4.08. The number of nitrogens with zero attached hydrogens (tertiary/aromatic N) is 1. The first-order valence-electron chi connectivity index (χ1n) is 9.47. The molecule has 4 rings (SSSR count). The molecule has 0 radical (unpaired) electrons. The average molecular weight is 453 g/mol. The molecule has 1 aromatic heterocycles. The number of aliphatic imine (C=N–C) groups is 1. The molecule has 3 nitrogen and oxygen atoms in total. The van der Waals surface area contributed by atoms with Gasteiger partial charge in [-0.05, 0) is 54.5 Å². The number of amides is 1. The normalized spacial score (nSPS) is 13.5. The van der Waals surface area contributed by atoms with Crippen molar-refractivity contribution in [1.29, 1.82) is 0 Å². The Morgan fingerprint density at radius 2 is 1.82 bits per heavy atom. The maximum atomic E-state index is 13.0. The van der Waals surface area contributed by atoms with Gasteiger partial charge in [0.2, 0.25) is 0 Å². The van der Waals surface area contributed by atoms with Crippen LogP contribution in [-0.4, -0.2) is 12.1 Å². The van der Waals surface area contributed by atoms with Crippen LogP contribution < -0.4 is 5.32 Å². The van der Waals surface area contributed by atoms with Crippen LogP contribution in [0.3, 0.4) is 0 Å². The fourth-order valence-electron chi connectivity index (χ4n) is 3.43. The van der Waals surface area contributed by atoms with Gasteiger partial charge in [-0.2, -0.15) is 0 Å². The van der Waals surface area contributed by atoms with Gasteiger partial charge in [-0.3, -0.25) is 4.79 Å². The first-order chi connectivity index (χ1) is 13.7. The largest absolute Gasteiger partial charge is 0.348 e. The summed E-state index contributed by atoms with van der Waals surface area (Å²) in [7, 11) is 0. The fourth-order valence-corrected chi connectivity index (χ4v) is 4.92. The maximum absolute atomic E-state index is 13.0. The van der Waals surface area contributed by atoms with Crippen LogP contribution in [0.15, 0.2) is 64.1 Å². The first-order valence-corrected chi connectivity index (χ1v) is 11.1. The Morgan fingerprint density at radius 1 is 1.07 bits per heavy atom. The standard InChI is InChI=1S/C23H21BrN2OS/c24-18-12-10-17(11-13-18)15-26-23-21(19-8-4-5-9-20(19)28-23)22(27)25-14-16-6-2-1-3-7-16/h1-3,6-7,10-13,15H,4-5,8-9,14H2,(H,25,27)/b26-15-. The molecule has 0 fully saturated rings. The number of halogens is 1. The minimum absolute atomic E-state index is 0.0220. The summed E-state index contributed by atoms with van der Waals surface area (Å²) in [6.45, 7) is 0.528. The minimum Gasteiger partial charge on any atom is -0.348 e. The third-order valence-electron chi connectivity index (χ3n) is 4.88. The quantitative estimate of drug-likeness (QED) is 0.468. The second kappa shape index (κ2) is 8.84. The van der Waals surface area contributed by atoms with E-state index >= 15 is 0 Å². The Labute approximate surface area is 177 Å². The van der Waals surface area contributed by atoms with E-state index in [2.05, 4.69) is 21.2 Å². The molecule has 2 aromatic carbocycles. The number of nitrogens with one attached hydrogen (secondary N) is 1. The summed E-state index contributed by atoms with van der Waals surface area (Å²) in [5.74, 6) is -0.0220. The molecule has 0 aliphatic heterocycles. The van der Waals surface area contributed by atoms with E-state index in [9.17, 15) is 4.79 Å². The van der Waals surface area contributed by atoms with Gasteiger partial charge in [0.15, 0.2) is 0 Å². The highest BCUT2D eigenvalue weighted by Crippen LogP contribution is 2.39. The van der Waals surface area contributed by atoms with Crippen LogP contribution in [0.5, 0.6) is 0 Å². The van der Waals surface area contributed by atoms with Crippen molar-refractivity contribution in [2.45, 2.75) is 32.2 Å². The summed E-state index contributed by atoms with van der Waals surface area (Å²) in [6, 6.07) is 18.0. The van der Waals surface area contributed by atoms with Crippen LogP contribution in [0.2, 0.25) is 0 Å². The van der Waals surface area contributed by atoms with Gasteiger partial charge in [-0.15, -0.1) is 11.3 Å². The predicted octanol–water partition coefficient (Wildman–Crippen LogP) is 6.07. The van der Waals surface area contributed by atoms with Crippen LogP contribution >= 0.6 is 27.3 Å². The molecule has 1 aliphatic carbocycles. The van der Waals surface area contributed by atoms with E-state index in [1.807, 2.05) is 60.8 Å². The van der Waals surface area contributed by atoms with E-state index in [4.69, 9.17) is 4.99 Å². The van der Waals surface area contributed by atoms with Crippen LogP contribution in [0.1, 0.15) is 44.8 Å². The number of fused-ring (bicyclic) bond motifs is 1. The summed E-state index contributed by atoms with van der Waals surface area (Å²) in [4.78, 5) is 19.1. The molecule has 28 heavy (non-hydrogen) atoms. The number of carbonyl (C=O) groups is 1. The third-order valence-corrected chi connectivity index (χ3v) is 6.61. The van der Waals surface area contributed by atoms with E-state index in [1.54, 1.807) is 11.3 Å². The van der Waals surface area contributed by atoms with Crippen LogP contribution in [0.4, 0.5) is 5.00 Å². The minimum atomic E-state index is -0.0220. The van der Waals surface area contributed by atoms with Crippen LogP contribution in [0, 0.1) is 0 Å². The van der Waals surface area contributed by atoms with Crippen molar-refractivity contribution in [3.63, 3.8) is 0 Å². The maximum Gasteiger partial charge on any atom is 0.254 e. The monoisotopic (exact) mass is 452 g/mol. The van der Waals surface area contributed by atoms with Crippen LogP contribution in [-0.2, 0) is 19.4 Å². The highest BCUT2D eigenvalue weighted by molar-refractivity contribution is 9.10. The van der Waals surface area contributed by atoms with Gasteiger partial charge in [-0.25, -0.2) is 4.99 Å². The fraction of sp³-hybridized carbons (Fsp3) is 0.217. The Kier molecular flexibility index (Phi) is 6.03. The molecule has 0 bridgehead atoms. The second-order valence-corrected chi connectivity index (χ2v) is 8.87. The van der Waals surface area contributed by atoms with E-state index in [-0.39, 0.29) is 5.91 Å². The lowest BCUT2D eigenvalue weighted by molar-refractivity contribution is 0.0951. The van der Waals surface area contributed by atoms with Gasteiger partial charge >= 0.3 is 0 Å². The van der Waals surface area contributed by atoms with Crippen molar-refractivity contribution in [1.82, 2.24) is 5.32 Å². The number of rotatable bonds is 5. The lowest BCUT2D eigenvalue weighted by Crippen LogP contribution is -2.24. The Balaban J connectivity index is 1.60. The lowest BCUT2D eigenvalue weighted by atomic mass is 9.95.